The summed E-state index contributed by atoms with van der Waals surface area (Å²) in [5.41, 5.74) is 2.15. The number of fused-ring (bicyclic) bond motifs is 2. The van der Waals surface area contributed by atoms with Gasteiger partial charge >= 0.3 is 0 Å². The minimum absolute atomic E-state index is 0.0361. The second-order valence-electron chi connectivity index (χ2n) is 8.05. The van der Waals surface area contributed by atoms with Gasteiger partial charge in [-0.15, -0.1) is 5.10 Å². The van der Waals surface area contributed by atoms with Crippen molar-refractivity contribution >= 4 is 28.3 Å². The molecule has 2 N–H and O–H groups in total. The molecule has 6 rings (SSSR count). The van der Waals surface area contributed by atoms with E-state index in [0.717, 1.165) is 29.9 Å². The van der Waals surface area contributed by atoms with Gasteiger partial charge in [0.15, 0.2) is 11.4 Å². The van der Waals surface area contributed by atoms with Crippen LogP contribution in [0.3, 0.4) is 0 Å². The van der Waals surface area contributed by atoms with E-state index in [4.69, 9.17) is 13.9 Å². The van der Waals surface area contributed by atoms with Crippen LogP contribution in [0.4, 0.5) is 5.82 Å². The van der Waals surface area contributed by atoms with Crippen molar-refractivity contribution < 1.29 is 18.7 Å². The SMILES string of the molecule is O=C1CNC[C@H](COc2ccc3ncc(-c4cc5c(N6CCOCC6)nccc5o4)n3n2)N1. The summed E-state index contributed by atoms with van der Waals surface area (Å²) in [7, 11) is 0. The van der Waals surface area contributed by atoms with Gasteiger partial charge in [-0.05, 0) is 18.2 Å². The highest BCUT2D eigenvalue weighted by atomic mass is 16.5. The molecule has 1 atom stereocenters. The van der Waals surface area contributed by atoms with Crippen molar-refractivity contribution in [3.63, 3.8) is 0 Å². The number of ether oxygens (including phenoxy) is 2. The molecule has 2 aliphatic rings. The quantitative estimate of drug-likeness (QED) is 0.457. The van der Waals surface area contributed by atoms with E-state index in [9.17, 15) is 4.79 Å². The number of morpholine rings is 1. The van der Waals surface area contributed by atoms with E-state index < -0.39 is 0 Å². The van der Waals surface area contributed by atoms with Crippen molar-refractivity contribution in [2.45, 2.75) is 6.04 Å². The van der Waals surface area contributed by atoms with Crippen LogP contribution in [-0.4, -0.2) is 77.5 Å². The molecule has 0 bridgehead atoms. The first-order chi connectivity index (χ1) is 16.2. The monoisotopic (exact) mass is 449 g/mol. The first-order valence-electron chi connectivity index (χ1n) is 10.9. The molecular weight excluding hydrogens is 426 g/mol. The van der Waals surface area contributed by atoms with Crippen molar-refractivity contribution in [1.29, 1.82) is 0 Å². The molecular formula is C22H23N7O4. The van der Waals surface area contributed by atoms with Gasteiger partial charge in [-0.3, -0.25) is 4.79 Å². The fourth-order valence-corrected chi connectivity index (χ4v) is 4.18. The number of piperazine rings is 1. The number of nitrogens with zero attached hydrogens (tertiary/aromatic N) is 5. The number of imidazole rings is 1. The number of pyridine rings is 1. The molecule has 0 saturated carbocycles. The molecule has 0 radical (unpaired) electrons. The van der Waals surface area contributed by atoms with Crippen LogP contribution in [0.5, 0.6) is 5.88 Å². The average molecular weight is 449 g/mol. The summed E-state index contributed by atoms with van der Waals surface area (Å²) in [4.78, 5) is 22.8. The number of nitrogens with one attached hydrogen (secondary N) is 2. The van der Waals surface area contributed by atoms with Crippen molar-refractivity contribution in [1.82, 2.24) is 30.2 Å². The zero-order valence-corrected chi connectivity index (χ0v) is 17.9. The Kier molecular flexibility index (Phi) is 5.04. The maximum absolute atomic E-state index is 11.5. The Bertz CT molecular complexity index is 1310. The Balaban J connectivity index is 1.30. The number of furan rings is 1. The highest BCUT2D eigenvalue weighted by molar-refractivity contribution is 5.92. The molecule has 2 aliphatic heterocycles. The van der Waals surface area contributed by atoms with E-state index in [2.05, 4.69) is 30.6 Å². The Morgan fingerprint density at radius 2 is 2.09 bits per heavy atom. The smallest absolute Gasteiger partial charge is 0.234 e. The summed E-state index contributed by atoms with van der Waals surface area (Å²) in [6, 6.07) is 7.35. The van der Waals surface area contributed by atoms with Crippen LogP contribution in [-0.2, 0) is 9.53 Å². The normalized spacial score (nSPS) is 19.2. The molecule has 4 aromatic rings. The van der Waals surface area contributed by atoms with Crippen LogP contribution in [0, 0.1) is 0 Å². The number of amides is 1. The molecule has 1 amide bonds. The molecule has 33 heavy (non-hydrogen) atoms. The molecule has 2 saturated heterocycles. The Labute approximate surface area is 188 Å². The third kappa shape index (κ3) is 3.85. The molecule has 4 aromatic heterocycles. The second-order valence-corrected chi connectivity index (χ2v) is 8.05. The summed E-state index contributed by atoms with van der Waals surface area (Å²) >= 11 is 0. The molecule has 6 heterocycles. The first-order valence-corrected chi connectivity index (χ1v) is 10.9. The summed E-state index contributed by atoms with van der Waals surface area (Å²) in [5.74, 6) is 1.94. The molecule has 11 heteroatoms. The van der Waals surface area contributed by atoms with Gasteiger partial charge in [0.1, 0.15) is 23.7 Å². The van der Waals surface area contributed by atoms with Crippen LogP contribution in [0.15, 0.2) is 41.1 Å². The maximum Gasteiger partial charge on any atom is 0.234 e. The zero-order chi connectivity index (χ0) is 22.2. The molecule has 0 unspecified atom stereocenters. The van der Waals surface area contributed by atoms with Crippen LogP contribution in [0.25, 0.3) is 28.1 Å². The van der Waals surface area contributed by atoms with Gasteiger partial charge in [-0.1, -0.05) is 0 Å². The largest absolute Gasteiger partial charge is 0.474 e. The van der Waals surface area contributed by atoms with Gasteiger partial charge in [0.05, 0.1) is 37.4 Å². The van der Waals surface area contributed by atoms with E-state index in [1.807, 2.05) is 18.2 Å². The number of carbonyl (C=O) groups is 1. The van der Waals surface area contributed by atoms with Gasteiger partial charge in [0.2, 0.25) is 11.8 Å². The van der Waals surface area contributed by atoms with Crippen molar-refractivity contribution in [2.24, 2.45) is 0 Å². The van der Waals surface area contributed by atoms with E-state index in [0.29, 0.717) is 55.9 Å². The third-order valence-corrected chi connectivity index (χ3v) is 5.80. The van der Waals surface area contributed by atoms with E-state index in [-0.39, 0.29) is 11.9 Å². The van der Waals surface area contributed by atoms with Gasteiger partial charge in [0.25, 0.3) is 0 Å². The Morgan fingerprint density at radius 1 is 1.18 bits per heavy atom. The average Bonchev–Trinajstić information content (AvgIpc) is 3.47. The number of carbonyl (C=O) groups excluding carboxylic acids is 1. The zero-order valence-electron chi connectivity index (χ0n) is 17.9. The van der Waals surface area contributed by atoms with E-state index in [1.54, 1.807) is 23.0 Å². The van der Waals surface area contributed by atoms with Crippen LogP contribution in [0.2, 0.25) is 0 Å². The minimum atomic E-state index is -0.104. The standard InChI is InChI=1S/C22H23N7O4/c30-20-12-23-10-14(26-20)13-32-21-2-1-19-25-11-16(29(19)27-21)18-9-15-17(33-18)3-4-24-22(15)28-5-7-31-8-6-28/h1-4,9,11,14,23H,5-8,10,12-13H2,(H,26,30)/t14-/m1/s1. The number of aromatic nitrogens is 4. The first kappa shape index (κ1) is 19.9. The molecule has 170 valence electrons. The summed E-state index contributed by atoms with van der Waals surface area (Å²) in [5, 5.41) is 11.5. The van der Waals surface area contributed by atoms with Crippen LogP contribution < -0.4 is 20.3 Å². The lowest BCUT2D eigenvalue weighted by molar-refractivity contribution is -0.122. The molecule has 0 spiro atoms. The van der Waals surface area contributed by atoms with Gasteiger partial charge in [-0.2, -0.15) is 0 Å². The lowest BCUT2D eigenvalue weighted by Crippen LogP contribution is -2.54. The number of hydrogen-bond acceptors (Lipinski definition) is 9. The highest BCUT2D eigenvalue weighted by Crippen LogP contribution is 2.33. The van der Waals surface area contributed by atoms with Crippen LogP contribution >= 0.6 is 0 Å². The summed E-state index contributed by atoms with van der Waals surface area (Å²) in [6.45, 7) is 4.26. The van der Waals surface area contributed by atoms with Gasteiger partial charge < -0.3 is 29.4 Å². The highest BCUT2D eigenvalue weighted by Gasteiger charge is 2.21. The fourth-order valence-electron chi connectivity index (χ4n) is 4.18. The van der Waals surface area contributed by atoms with E-state index in [1.165, 1.54) is 0 Å². The van der Waals surface area contributed by atoms with Gasteiger partial charge in [-0.25, -0.2) is 14.5 Å². The lowest BCUT2D eigenvalue weighted by Gasteiger charge is -2.28. The summed E-state index contributed by atoms with van der Waals surface area (Å²) < 4.78 is 19.2. The molecule has 0 aliphatic carbocycles. The molecule has 11 nitrogen and oxygen atoms in total. The van der Waals surface area contributed by atoms with Crippen LogP contribution in [0.1, 0.15) is 0 Å². The Morgan fingerprint density at radius 3 is 2.97 bits per heavy atom. The Hall–Kier alpha value is -3.70. The van der Waals surface area contributed by atoms with Crippen molar-refractivity contribution in [2.75, 3.05) is 50.9 Å². The topological polar surface area (TPSA) is 119 Å². The minimum Gasteiger partial charge on any atom is -0.474 e. The fraction of sp³-hybridized carbons (Fsp3) is 0.364. The second kappa shape index (κ2) is 8.34. The summed E-state index contributed by atoms with van der Waals surface area (Å²) in [6.07, 6.45) is 3.49. The van der Waals surface area contributed by atoms with Crippen molar-refractivity contribution in [3.05, 3.63) is 36.7 Å². The molecule has 2 fully saturated rings. The van der Waals surface area contributed by atoms with E-state index >= 15 is 0 Å². The maximum atomic E-state index is 11.5. The molecule has 0 aromatic carbocycles. The predicted molar refractivity (Wildman–Crippen MR) is 119 cm³/mol. The number of rotatable bonds is 5. The predicted octanol–water partition coefficient (Wildman–Crippen LogP) is 0.841. The number of hydrogen-bond donors (Lipinski definition) is 2. The third-order valence-electron chi connectivity index (χ3n) is 5.80. The van der Waals surface area contributed by atoms with Gasteiger partial charge in [0, 0.05) is 31.9 Å². The lowest BCUT2D eigenvalue weighted by atomic mass is 10.2. The number of anilines is 1. The van der Waals surface area contributed by atoms with Crippen molar-refractivity contribution in [3.8, 4) is 17.3 Å².